The number of aromatic amines is 1. The normalized spacial score (nSPS) is 11.0. The van der Waals surface area contributed by atoms with Crippen LogP contribution in [0.3, 0.4) is 0 Å². The lowest BCUT2D eigenvalue weighted by Crippen LogP contribution is -2.35. The molecule has 5 nitrogen and oxygen atoms in total. The molecular formula is C22H24N2O3. The summed E-state index contributed by atoms with van der Waals surface area (Å²) in [6.07, 6.45) is 0. The molecule has 0 saturated carbocycles. The van der Waals surface area contributed by atoms with E-state index in [1.807, 2.05) is 51.1 Å². The molecule has 2 aromatic carbocycles. The maximum atomic E-state index is 12.8. The van der Waals surface area contributed by atoms with Gasteiger partial charge in [-0.1, -0.05) is 29.8 Å². The molecule has 0 atom stereocenters. The maximum Gasteiger partial charge on any atom is 0.254 e. The topological polar surface area (TPSA) is 73.4 Å². The van der Waals surface area contributed by atoms with E-state index in [4.69, 9.17) is 0 Å². The van der Waals surface area contributed by atoms with Gasteiger partial charge >= 0.3 is 0 Å². The van der Waals surface area contributed by atoms with Crippen LogP contribution in [0.2, 0.25) is 0 Å². The average Bonchev–Trinajstić information content (AvgIpc) is 2.66. The second-order valence-electron chi connectivity index (χ2n) is 6.91. The van der Waals surface area contributed by atoms with Crippen LogP contribution in [-0.4, -0.2) is 34.0 Å². The molecular weight excluding hydrogens is 340 g/mol. The monoisotopic (exact) mass is 364 g/mol. The molecule has 0 unspecified atom stereocenters. The van der Waals surface area contributed by atoms with Crippen LogP contribution < -0.4 is 5.56 Å². The highest BCUT2D eigenvalue weighted by Crippen LogP contribution is 2.19. The minimum Gasteiger partial charge on any atom is -0.395 e. The molecule has 0 bridgehead atoms. The first kappa shape index (κ1) is 18.9. The smallest absolute Gasteiger partial charge is 0.254 e. The van der Waals surface area contributed by atoms with Crippen molar-refractivity contribution >= 4 is 16.8 Å². The van der Waals surface area contributed by atoms with Crippen molar-refractivity contribution in [3.8, 4) is 0 Å². The number of nitrogens with zero attached hydrogens (tertiary/aromatic N) is 1. The van der Waals surface area contributed by atoms with Crippen molar-refractivity contribution in [2.45, 2.75) is 27.3 Å². The number of fused-ring (bicyclic) bond motifs is 1. The summed E-state index contributed by atoms with van der Waals surface area (Å²) in [4.78, 5) is 29.9. The van der Waals surface area contributed by atoms with E-state index in [1.54, 1.807) is 12.1 Å². The Bertz CT molecular complexity index is 1040. The van der Waals surface area contributed by atoms with Crippen LogP contribution in [0.25, 0.3) is 10.9 Å². The van der Waals surface area contributed by atoms with Crippen molar-refractivity contribution < 1.29 is 9.90 Å². The number of hydrogen-bond donors (Lipinski definition) is 2. The molecule has 1 heterocycles. The number of benzene rings is 2. The van der Waals surface area contributed by atoms with Crippen LogP contribution in [0.15, 0.2) is 47.3 Å². The molecule has 5 heteroatoms. The van der Waals surface area contributed by atoms with Gasteiger partial charge in [0.05, 0.1) is 18.7 Å². The number of aromatic nitrogens is 1. The average molecular weight is 364 g/mol. The highest BCUT2D eigenvalue weighted by molar-refractivity contribution is 5.94. The fourth-order valence-electron chi connectivity index (χ4n) is 3.14. The second-order valence-corrected chi connectivity index (χ2v) is 6.91. The summed E-state index contributed by atoms with van der Waals surface area (Å²) < 4.78 is 0. The number of pyridine rings is 1. The zero-order valence-corrected chi connectivity index (χ0v) is 15.9. The molecule has 140 valence electrons. The Hall–Kier alpha value is -2.92. The Morgan fingerprint density at radius 3 is 2.44 bits per heavy atom. The summed E-state index contributed by atoms with van der Waals surface area (Å²) in [5, 5.41) is 10.3. The number of H-pyrrole nitrogens is 1. The van der Waals surface area contributed by atoms with Gasteiger partial charge in [0, 0.05) is 17.7 Å². The molecule has 0 saturated heterocycles. The first-order valence-electron chi connectivity index (χ1n) is 8.99. The maximum absolute atomic E-state index is 12.8. The predicted molar refractivity (Wildman–Crippen MR) is 107 cm³/mol. The number of rotatable bonds is 5. The van der Waals surface area contributed by atoms with Gasteiger partial charge in [-0.05, 0) is 55.5 Å². The van der Waals surface area contributed by atoms with Gasteiger partial charge < -0.3 is 15.0 Å². The third-order valence-electron chi connectivity index (χ3n) is 4.94. The van der Waals surface area contributed by atoms with Gasteiger partial charge in [-0.15, -0.1) is 0 Å². The van der Waals surface area contributed by atoms with Crippen molar-refractivity contribution in [3.63, 3.8) is 0 Å². The summed E-state index contributed by atoms with van der Waals surface area (Å²) >= 11 is 0. The summed E-state index contributed by atoms with van der Waals surface area (Å²) in [6, 6.07) is 13.1. The number of aryl methyl sites for hydroxylation is 3. The Kier molecular flexibility index (Phi) is 5.42. The zero-order valence-electron chi connectivity index (χ0n) is 15.9. The van der Waals surface area contributed by atoms with E-state index in [-0.39, 0.29) is 31.2 Å². The predicted octanol–water partition coefficient (Wildman–Crippen LogP) is 3.09. The molecule has 27 heavy (non-hydrogen) atoms. The molecule has 0 spiro atoms. The van der Waals surface area contributed by atoms with Crippen molar-refractivity contribution in [2.75, 3.05) is 13.2 Å². The van der Waals surface area contributed by atoms with Gasteiger partial charge in [0.2, 0.25) is 0 Å². The Morgan fingerprint density at radius 2 is 1.78 bits per heavy atom. The Labute approximate surface area is 158 Å². The van der Waals surface area contributed by atoms with E-state index in [0.717, 1.165) is 27.6 Å². The number of nitrogens with one attached hydrogen (secondary N) is 1. The summed E-state index contributed by atoms with van der Waals surface area (Å²) in [6.45, 7) is 6.08. The lowest BCUT2D eigenvalue weighted by molar-refractivity contribution is 0.0707. The highest BCUT2D eigenvalue weighted by atomic mass is 16.3. The summed E-state index contributed by atoms with van der Waals surface area (Å²) in [5.41, 5.74) is 4.87. The van der Waals surface area contributed by atoms with Crippen LogP contribution in [0.5, 0.6) is 0 Å². The van der Waals surface area contributed by atoms with Crippen LogP contribution in [0, 0.1) is 20.8 Å². The fraction of sp³-hybridized carbons (Fsp3) is 0.273. The fourth-order valence-corrected chi connectivity index (χ4v) is 3.14. The van der Waals surface area contributed by atoms with Gasteiger partial charge in [0.25, 0.3) is 11.5 Å². The third-order valence-corrected chi connectivity index (χ3v) is 4.94. The summed E-state index contributed by atoms with van der Waals surface area (Å²) in [7, 11) is 0. The Balaban J connectivity index is 1.95. The molecule has 3 aromatic rings. The number of carbonyl (C=O) groups excluding carboxylic acids is 1. The second kappa shape index (κ2) is 7.76. The van der Waals surface area contributed by atoms with E-state index in [9.17, 15) is 14.7 Å². The minimum atomic E-state index is -0.212. The molecule has 0 radical (unpaired) electrons. The van der Waals surface area contributed by atoms with Crippen LogP contribution in [-0.2, 0) is 6.54 Å². The van der Waals surface area contributed by atoms with Crippen molar-refractivity contribution in [3.05, 3.63) is 80.6 Å². The third kappa shape index (κ3) is 3.93. The van der Waals surface area contributed by atoms with Crippen LogP contribution in [0.1, 0.15) is 32.6 Å². The van der Waals surface area contributed by atoms with E-state index in [2.05, 4.69) is 4.98 Å². The molecule has 0 aliphatic rings. The van der Waals surface area contributed by atoms with Gasteiger partial charge in [-0.3, -0.25) is 9.59 Å². The Morgan fingerprint density at radius 1 is 1.07 bits per heavy atom. The van der Waals surface area contributed by atoms with Crippen LogP contribution >= 0.6 is 0 Å². The van der Waals surface area contributed by atoms with E-state index < -0.39 is 0 Å². The SMILES string of the molecule is Cc1ccc(C(=O)N(CCO)Cc2cc3ccc(C)c(C)c3[nH]c2=O)cc1. The quantitative estimate of drug-likeness (QED) is 0.731. The van der Waals surface area contributed by atoms with Crippen molar-refractivity contribution in [1.82, 2.24) is 9.88 Å². The number of hydrogen-bond acceptors (Lipinski definition) is 3. The molecule has 0 aliphatic heterocycles. The molecule has 0 aliphatic carbocycles. The standard InChI is InChI=1S/C22H24N2O3/c1-14-4-7-17(8-5-14)22(27)24(10-11-25)13-19-12-18-9-6-15(2)16(3)20(18)23-21(19)26/h4-9,12,25H,10-11,13H2,1-3H3,(H,23,26). The number of carbonyl (C=O) groups is 1. The number of aliphatic hydroxyl groups excluding tert-OH is 1. The zero-order chi connectivity index (χ0) is 19.6. The molecule has 3 rings (SSSR count). The van der Waals surface area contributed by atoms with Gasteiger partial charge in [-0.2, -0.15) is 0 Å². The first-order valence-corrected chi connectivity index (χ1v) is 8.99. The minimum absolute atomic E-state index is 0.144. The van der Waals surface area contributed by atoms with Gasteiger partial charge in [0.15, 0.2) is 0 Å². The molecule has 1 amide bonds. The van der Waals surface area contributed by atoms with Crippen LogP contribution in [0.4, 0.5) is 0 Å². The van der Waals surface area contributed by atoms with Gasteiger partial charge in [0.1, 0.15) is 0 Å². The van der Waals surface area contributed by atoms with Crippen molar-refractivity contribution in [1.29, 1.82) is 0 Å². The first-order chi connectivity index (χ1) is 12.9. The molecule has 2 N–H and O–H groups in total. The number of aliphatic hydroxyl groups is 1. The number of amides is 1. The highest BCUT2D eigenvalue weighted by Gasteiger charge is 2.18. The molecule has 1 aromatic heterocycles. The lowest BCUT2D eigenvalue weighted by atomic mass is 10.0. The van der Waals surface area contributed by atoms with Crippen molar-refractivity contribution in [2.24, 2.45) is 0 Å². The van der Waals surface area contributed by atoms with Gasteiger partial charge in [-0.25, -0.2) is 0 Å². The summed E-state index contributed by atoms with van der Waals surface area (Å²) in [5.74, 6) is -0.205. The molecule has 0 fully saturated rings. The van der Waals surface area contributed by atoms with E-state index >= 15 is 0 Å². The van der Waals surface area contributed by atoms with E-state index in [1.165, 1.54) is 4.90 Å². The lowest BCUT2D eigenvalue weighted by Gasteiger charge is -2.22. The van der Waals surface area contributed by atoms with E-state index in [0.29, 0.717) is 11.1 Å². The largest absolute Gasteiger partial charge is 0.395 e.